The Bertz CT molecular complexity index is 356. The summed E-state index contributed by atoms with van der Waals surface area (Å²) in [5.41, 5.74) is 0.793. The molecule has 0 spiro atoms. The smallest absolute Gasteiger partial charge is 0.170 e. The van der Waals surface area contributed by atoms with Crippen LogP contribution in [0.25, 0.3) is 0 Å². The van der Waals surface area contributed by atoms with E-state index < -0.39 is 15.7 Å². The second kappa shape index (κ2) is 4.93. The van der Waals surface area contributed by atoms with E-state index >= 15 is 0 Å². The number of nitrogens with zero attached hydrogens (tertiary/aromatic N) is 1. The van der Waals surface area contributed by atoms with Gasteiger partial charge in [0.2, 0.25) is 0 Å². The minimum atomic E-state index is -1.84. The minimum Gasteiger partial charge on any atom is -0.305 e. The summed E-state index contributed by atoms with van der Waals surface area (Å²) in [4.78, 5) is 0.935. The Labute approximate surface area is 106 Å². The second-order valence-corrected chi connectivity index (χ2v) is 5.40. The van der Waals surface area contributed by atoms with Crippen molar-refractivity contribution < 1.29 is 8.76 Å². The summed E-state index contributed by atoms with van der Waals surface area (Å²) in [6, 6.07) is 0. The van der Waals surface area contributed by atoms with Crippen LogP contribution in [0.1, 0.15) is 0 Å². The number of hydrogen-bond donors (Lipinski definition) is 1. The molecule has 71 valence electrons. The molecule has 2 heterocycles. The quantitative estimate of drug-likeness (QED) is 0.431. The summed E-state index contributed by atoms with van der Waals surface area (Å²) in [5.74, 6) is 0. The third-order valence-corrected chi connectivity index (χ3v) is 4.26. The summed E-state index contributed by atoms with van der Waals surface area (Å²) in [6.45, 7) is 0. The maximum Gasteiger partial charge on any atom is 0.170 e. The average molecular weight is 243 g/mol. The molecule has 0 aromatic heterocycles. The largest absolute Gasteiger partial charge is 0.305 e. The summed E-state index contributed by atoms with van der Waals surface area (Å²) in [5, 5.41) is 0. The molecule has 14 heavy (non-hydrogen) atoms. The van der Waals surface area contributed by atoms with Crippen LogP contribution in [-0.2, 0) is 11.1 Å². The topological polar surface area (TPSA) is 40.5 Å². The van der Waals surface area contributed by atoms with Crippen LogP contribution < -0.4 is 0 Å². The molecule has 1 radical (unpaired) electrons. The van der Waals surface area contributed by atoms with E-state index in [-0.39, 0.29) is 18.9 Å². The normalized spacial score (nSPS) is 26.1. The molecule has 0 fully saturated rings. The SMILES string of the molecule is O=S(O)C1C=C2C(=CC=CN2Cl)S1.[Li]. The van der Waals surface area contributed by atoms with Gasteiger partial charge in [-0.05, 0) is 18.2 Å². The molecule has 0 saturated heterocycles. The van der Waals surface area contributed by atoms with Crippen LogP contribution in [0.4, 0.5) is 0 Å². The number of allylic oxidation sites excluding steroid dienone is 2. The van der Waals surface area contributed by atoms with Crippen molar-refractivity contribution in [2.75, 3.05) is 0 Å². The Balaban J connectivity index is 0.000000980. The number of fused-ring (bicyclic) bond motifs is 1. The van der Waals surface area contributed by atoms with Gasteiger partial charge in [0.15, 0.2) is 11.1 Å². The molecular formula is C7H6ClLiNO2S2. The molecule has 2 atom stereocenters. The minimum absolute atomic E-state index is 0. The van der Waals surface area contributed by atoms with Gasteiger partial charge in [0.25, 0.3) is 0 Å². The fourth-order valence-electron chi connectivity index (χ4n) is 1.12. The van der Waals surface area contributed by atoms with E-state index in [0.29, 0.717) is 0 Å². The zero-order chi connectivity index (χ0) is 9.42. The fraction of sp³-hybridized carbons (Fsp3) is 0.143. The summed E-state index contributed by atoms with van der Waals surface area (Å²) < 4.78 is 20.7. The van der Waals surface area contributed by atoms with Crippen molar-refractivity contribution in [2.45, 2.75) is 4.58 Å². The molecule has 1 N–H and O–H groups in total. The molecule has 2 aliphatic rings. The van der Waals surface area contributed by atoms with Gasteiger partial charge in [0.1, 0.15) is 4.58 Å². The van der Waals surface area contributed by atoms with Gasteiger partial charge in [0.05, 0.1) is 5.70 Å². The molecule has 7 heteroatoms. The van der Waals surface area contributed by atoms with Crippen LogP contribution in [0, 0.1) is 0 Å². The molecule has 3 nitrogen and oxygen atoms in total. The first-order valence-electron chi connectivity index (χ1n) is 3.50. The summed E-state index contributed by atoms with van der Waals surface area (Å²) >= 11 is 5.34. The first kappa shape index (κ1) is 12.4. The van der Waals surface area contributed by atoms with Gasteiger partial charge in [-0.15, -0.1) is 0 Å². The van der Waals surface area contributed by atoms with Crippen molar-refractivity contribution in [2.24, 2.45) is 0 Å². The first-order valence-corrected chi connectivity index (χ1v) is 5.89. The zero-order valence-electron chi connectivity index (χ0n) is 7.38. The van der Waals surface area contributed by atoms with Crippen molar-refractivity contribution >= 4 is 53.5 Å². The van der Waals surface area contributed by atoms with Crippen LogP contribution in [0.2, 0.25) is 0 Å². The maximum atomic E-state index is 10.8. The standard InChI is InChI=1S/C7H6ClNO2S2.Li/c8-9-3-1-2-6-5(9)4-7(12-6)13(10)11;/h1-4,7H,(H,10,11);. The first-order chi connectivity index (χ1) is 6.18. The third kappa shape index (κ3) is 2.30. The molecule has 2 unspecified atom stereocenters. The fourth-order valence-corrected chi connectivity index (χ4v) is 3.16. The number of hydrogen-bond acceptors (Lipinski definition) is 3. The van der Waals surface area contributed by atoms with Crippen LogP contribution in [0.15, 0.2) is 35.0 Å². The van der Waals surface area contributed by atoms with Gasteiger partial charge < -0.3 is 4.55 Å². The Morgan fingerprint density at radius 1 is 1.64 bits per heavy atom. The van der Waals surface area contributed by atoms with Crippen LogP contribution in [0.3, 0.4) is 0 Å². The van der Waals surface area contributed by atoms with E-state index in [1.807, 2.05) is 6.08 Å². The Hall–Kier alpha value is 0.367. The van der Waals surface area contributed by atoms with Gasteiger partial charge in [-0.2, -0.15) is 0 Å². The third-order valence-electron chi connectivity index (χ3n) is 1.68. The number of thioether (sulfide) groups is 1. The molecular weight excluding hydrogens is 237 g/mol. The van der Waals surface area contributed by atoms with E-state index in [9.17, 15) is 4.21 Å². The van der Waals surface area contributed by atoms with E-state index in [4.69, 9.17) is 16.3 Å². The van der Waals surface area contributed by atoms with Crippen molar-refractivity contribution in [3.63, 3.8) is 0 Å². The molecule has 0 bridgehead atoms. The van der Waals surface area contributed by atoms with Gasteiger partial charge >= 0.3 is 0 Å². The van der Waals surface area contributed by atoms with E-state index in [1.165, 1.54) is 16.2 Å². The predicted molar refractivity (Wildman–Crippen MR) is 60.9 cm³/mol. The van der Waals surface area contributed by atoms with Gasteiger partial charge in [-0.25, -0.2) is 4.21 Å². The van der Waals surface area contributed by atoms with Gasteiger partial charge in [-0.3, -0.25) is 4.42 Å². The van der Waals surface area contributed by atoms with Crippen molar-refractivity contribution in [1.29, 1.82) is 0 Å². The molecule has 0 aromatic rings. The molecule has 0 aromatic carbocycles. The number of rotatable bonds is 1. The number of halogens is 1. The molecule has 2 aliphatic heterocycles. The van der Waals surface area contributed by atoms with Crippen LogP contribution in [0.5, 0.6) is 0 Å². The second-order valence-electron chi connectivity index (χ2n) is 2.50. The predicted octanol–water partition coefficient (Wildman–Crippen LogP) is 1.65. The van der Waals surface area contributed by atoms with Gasteiger partial charge in [0, 0.05) is 41.7 Å². The summed E-state index contributed by atoms with van der Waals surface area (Å²) in [6.07, 6.45) is 7.07. The molecule has 0 amide bonds. The van der Waals surface area contributed by atoms with E-state index in [1.54, 1.807) is 18.4 Å². The van der Waals surface area contributed by atoms with Crippen molar-refractivity contribution in [3.8, 4) is 0 Å². The molecule has 2 rings (SSSR count). The van der Waals surface area contributed by atoms with E-state index in [0.717, 1.165) is 10.6 Å². The average Bonchev–Trinajstić information content (AvgIpc) is 2.49. The monoisotopic (exact) mass is 242 g/mol. The summed E-state index contributed by atoms with van der Waals surface area (Å²) in [7, 11) is 0. The van der Waals surface area contributed by atoms with Crippen molar-refractivity contribution in [3.05, 3.63) is 35.0 Å². The molecule has 0 saturated carbocycles. The molecule has 0 aliphatic carbocycles. The maximum absolute atomic E-state index is 10.8. The Morgan fingerprint density at radius 3 is 2.93 bits per heavy atom. The van der Waals surface area contributed by atoms with Crippen LogP contribution >= 0.6 is 23.5 Å². The Kier molecular flexibility index (Phi) is 4.38. The van der Waals surface area contributed by atoms with Crippen molar-refractivity contribution in [1.82, 2.24) is 4.42 Å². The Morgan fingerprint density at radius 2 is 2.36 bits per heavy atom. The van der Waals surface area contributed by atoms with Crippen LogP contribution in [-0.4, -0.2) is 36.6 Å². The van der Waals surface area contributed by atoms with Gasteiger partial charge in [-0.1, -0.05) is 11.8 Å². The zero-order valence-corrected chi connectivity index (χ0v) is 9.77. The van der Waals surface area contributed by atoms with E-state index in [2.05, 4.69) is 0 Å².